The fourth-order valence-corrected chi connectivity index (χ4v) is 4.98. The SMILES string of the molecule is CCCCCCC1(CC=C[C@H]2CCC(=O)[C@@H]2CC=CCCC(=O)C(O)CO)CCC1. The second-order valence-corrected chi connectivity index (χ2v) is 9.48. The first-order valence-electron chi connectivity index (χ1n) is 12.2. The molecule has 0 aromatic rings. The topological polar surface area (TPSA) is 74.6 Å². The summed E-state index contributed by atoms with van der Waals surface area (Å²) < 4.78 is 0. The molecule has 2 fully saturated rings. The molecule has 170 valence electrons. The third-order valence-electron chi connectivity index (χ3n) is 7.22. The number of aliphatic hydroxyl groups excluding tert-OH is 2. The number of hydrogen-bond acceptors (Lipinski definition) is 4. The van der Waals surface area contributed by atoms with Gasteiger partial charge >= 0.3 is 0 Å². The molecule has 3 atom stereocenters. The van der Waals surface area contributed by atoms with Crippen LogP contribution in [0.3, 0.4) is 0 Å². The monoisotopic (exact) mass is 418 g/mol. The van der Waals surface area contributed by atoms with Crippen LogP contribution in [0.2, 0.25) is 0 Å². The van der Waals surface area contributed by atoms with Crippen molar-refractivity contribution in [3.63, 3.8) is 0 Å². The first-order chi connectivity index (χ1) is 14.5. The lowest BCUT2D eigenvalue weighted by Crippen LogP contribution is -2.28. The fourth-order valence-electron chi connectivity index (χ4n) is 4.98. The van der Waals surface area contributed by atoms with Crippen LogP contribution in [0.1, 0.15) is 96.8 Å². The third-order valence-corrected chi connectivity index (χ3v) is 7.22. The molecule has 1 unspecified atom stereocenters. The van der Waals surface area contributed by atoms with Gasteiger partial charge in [0, 0.05) is 18.8 Å². The predicted molar refractivity (Wildman–Crippen MR) is 121 cm³/mol. The van der Waals surface area contributed by atoms with Gasteiger partial charge in [-0.1, -0.05) is 63.3 Å². The number of ketones is 2. The van der Waals surface area contributed by atoms with Crippen molar-refractivity contribution in [3.8, 4) is 0 Å². The maximum atomic E-state index is 12.3. The molecular weight excluding hydrogens is 376 g/mol. The Morgan fingerprint density at radius 2 is 2.00 bits per heavy atom. The van der Waals surface area contributed by atoms with E-state index in [1.807, 2.05) is 12.2 Å². The van der Waals surface area contributed by atoms with Crippen molar-refractivity contribution in [1.29, 1.82) is 0 Å². The molecular formula is C26H42O4. The molecule has 2 rings (SSSR count). The molecule has 2 saturated carbocycles. The van der Waals surface area contributed by atoms with Gasteiger partial charge in [0.2, 0.25) is 0 Å². The largest absolute Gasteiger partial charge is 0.393 e. The van der Waals surface area contributed by atoms with E-state index >= 15 is 0 Å². The number of rotatable bonds is 15. The van der Waals surface area contributed by atoms with Gasteiger partial charge in [0.25, 0.3) is 0 Å². The highest BCUT2D eigenvalue weighted by molar-refractivity contribution is 5.84. The molecule has 0 aromatic heterocycles. The van der Waals surface area contributed by atoms with Gasteiger partial charge in [0.15, 0.2) is 5.78 Å². The normalized spacial score (nSPS) is 24.6. The zero-order valence-electron chi connectivity index (χ0n) is 18.9. The summed E-state index contributed by atoms with van der Waals surface area (Å²) in [5, 5.41) is 18.1. The van der Waals surface area contributed by atoms with Crippen LogP contribution in [-0.2, 0) is 9.59 Å². The van der Waals surface area contributed by atoms with Gasteiger partial charge < -0.3 is 10.2 Å². The Kier molecular flexibility index (Phi) is 11.0. The lowest BCUT2D eigenvalue weighted by Gasteiger charge is -2.42. The summed E-state index contributed by atoms with van der Waals surface area (Å²) >= 11 is 0. The molecule has 0 amide bonds. The number of unbranched alkanes of at least 4 members (excludes halogenated alkanes) is 3. The smallest absolute Gasteiger partial charge is 0.163 e. The molecule has 0 saturated heterocycles. The van der Waals surface area contributed by atoms with E-state index in [-0.39, 0.29) is 18.1 Å². The maximum absolute atomic E-state index is 12.3. The van der Waals surface area contributed by atoms with Crippen molar-refractivity contribution in [2.75, 3.05) is 6.61 Å². The predicted octanol–water partition coefficient (Wildman–Crippen LogP) is 5.32. The number of carbonyl (C=O) groups excluding carboxylic acids is 2. The number of allylic oxidation sites excluding steroid dienone is 4. The standard InChI is InChI=1S/C26H42O4/c1-2-3-4-8-16-26(18-10-19-26)17-9-11-21-14-15-23(28)22(21)12-6-5-7-13-24(29)25(30)20-27/h5-6,9,11,21-22,25,27,30H,2-4,7-8,10,12-20H2,1H3/t21-,22+,25?/m0/s1. The van der Waals surface area contributed by atoms with Gasteiger partial charge in [-0.05, 0) is 56.3 Å². The highest BCUT2D eigenvalue weighted by Gasteiger charge is 2.36. The summed E-state index contributed by atoms with van der Waals surface area (Å²) in [6.07, 6.45) is 22.5. The number of Topliss-reactive ketones (excluding diaryl/α,β-unsaturated/α-hetero) is 2. The summed E-state index contributed by atoms with van der Waals surface area (Å²) in [6.45, 7) is 1.74. The van der Waals surface area contributed by atoms with Gasteiger partial charge in [-0.2, -0.15) is 0 Å². The van der Waals surface area contributed by atoms with Crippen molar-refractivity contribution < 1.29 is 19.8 Å². The Morgan fingerprint density at radius 3 is 2.67 bits per heavy atom. The van der Waals surface area contributed by atoms with Crippen LogP contribution in [0, 0.1) is 17.3 Å². The second-order valence-electron chi connectivity index (χ2n) is 9.48. The number of carbonyl (C=O) groups is 2. The second kappa shape index (κ2) is 13.2. The van der Waals surface area contributed by atoms with Crippen molar-refractivity contribution in [2.24, 2.45) is 17.3 Å². The summed E-state index contributed by atoms with van der Waals surface area (Å²) in [7, 11) is 0. The molecule has 0 heterocycles. The fraction of sp³-hybridized carbons (Fsp3) is 0.769. The van der Waals surface area contributed by atoms with Gasteiger partial charge in [-0.25, -0.2) is 0 Å². The Balaban J connectivity index is 1.75. The zero-order valence-corrected chi connectivity index (χ0v) is 18.9. The molecule has 0 bridgehead atoms. The Labute approximate surface area is 182 Å². The molecule has 4 heteroatoms. The quantitative estimate of drug-likeness (QED) is 0.279. The highest BCUT2D eigenvalue weighted by Crippen LogP contribution is 2.48. The zero-order chi connectivity index (χ0) is 21.8. The molecule has 0 radical (unpaired) electrons. The van der Waals surface area contributed by atoms with Crippen LogP contribution in [0.15, 0.2) is 24.3 Å². The van der Waals surface area contributed by atoms with Gasteiger partial charge in [-0.3, -0.25) is 9.59 Å². The number of hydrogen-bond donors (Lipinski definition) is 2. The lowest BCUT2D eigenvalue weighted by atomic mass is 9.64. The van der Waals surface area contributed by atoms with Crippen LogP contribution in [0.25, 0.3) is 0 Å². The summed E-state index contributed by atoms with van der Waals surface area (Å²) in [6, 6.07) is 0. The average Bonchev–Trinajstić information content (AvgIpc) is 3.07. The van der Waals surface area contributed by atoms with E-state index in [0.717, 1.165) is 12.8 Å². The van der Waals surface area contributed by atoms with Crippen LogP contribution in [0.4, 0.5) is 0 Å². The van der Waals surface area contributed by atoms with E-state index in [9.17, 15) is 14.7 Å². The van der Waals surface area contributed by atoms with E-state index in [1.165, 1.54) is 57.8 Å². The molecule has 0 aromatic carbocycles. The lowest BCUT2D eigenvalue weighted by molar-refractivity contribution is -0.128. The number of aliphatic hydroxyl groups is 2. The molecule has 2 aliphatic rings. The Bertz CT molecular complexity index is 588. The van der Waals surface area contributed by atoms with E-state index in [1.54, 1.807) is 0 Å². The highest BCUT2D eigenvalue weighted by atomic mass is 16.3. The van der Waals surface area contributed by atoms with Gasteiger partial charge in [0.05, 0.1) is 6.61 Å². The van der Waals surface area contributed by atoms with E-state index in [4.69, 9.17) is 5.11 Å². The minimum atomic E-state index is -1.27. The average molecular weight is 419 g/mol. The minimum absolute atomic E-state index is 0.0677. The molecule has 4 nitrogen and oxygen atoms in total. The van der Waals surface area contributed by atoms with Crippen molar-refractivity contribution in [3.05, 3.63) is 24.3 Å². The Morgan fingerprint density at radius 1 is 1.20 bits per heavy atom. The minimum Gasteiger partial charge on any atom is -0.393 e. The van der Waals surface area contributed by atoms with Crippen LogP contribution < -0.4 is 0 Å². The maximum Gasteiger partial charge on any atom is 0.163 e. The summed E-state index contributed by atoms with van der Waals surface area (Å²) in [5.74, 6) is 0.439. The van der Waals surface area contributed by atoms with Crippen LogP contribution in [-0.4, -0.2) is 34.5 Å². The summed E-state index contributed by atoms with van der Waals surface area (Å²) in [5.41, 5.74) is 0.536. The van der Waals surface area contributed by atoms with Crippen molar-refractivity contribution >= 4 is 11.6 Å². The molecule has 2 N–H and O–H groups in total. The van der Waals surface area contributed by atoms with Crippen molar-refractivity contribution in [1.82, 2.24) is 0 Å². The van der Waals surface area contributed by atoms with Gasteiger partial charge in [-0.15, -0.1) is 0 Å². The first-order valence-corrected chi connectivity index (χ1v) is 12.2. The van der Waals surface area contributed by atoms with E-state index < -0.39 is 12.7 Å². The van der Waals surface area contributed by atoms with Crippen LogP contribution >= 0.6 is 0 Å². The molecule has 0 spiro atoms. The van der Waals surface area contributed by atoms with Crippen LogP contribution in [0.5, 0.6) is 0 Å². The van der Waals surface area contributed by atoms with Crippen molar-refractivity contribution in [2.45, 2.75) is 103 Å². The molecule has 0 aliphatic heterocycles. The molecule has 2 aliphatic carbocycles. The van der Waals surface area contributed by atoms with Gasteiger partial charge in [0.1, 0.15) is 11.9 Å². The summed E-state index contributed by atoms with van der Waals surface area (Å²) in [4.78, 5) is 23.8. The van der Waals surface area contributed by atoms with E-state index in [2.05, 4.69) is 19.1 Å². The first kappa shape index (κ1) is 25.0. The van der Waals surface area contributed by atoms with E-state index in [0.29, 0.717) is 30.0 Å². The Hall–Kier alpha value is -1.26. The molecule has 30 heavy (non-hydrogen) atoms. The third kappa shape index (κ3) is 7.77.